The summed E-state index contributed by atoms with van der Waals surface area (Å²) in [5.41, 5.74) is 0. The zero-order chi connectivity index (χ0) is 27.2. The molecular weight excluding hydrogens is 456 g/mol. The predicted molar refractivity (Wildman–Crippen MR) is 162 cm³/mol. The standard InChI is InChI=1S/C34H66O3/c1-4-7-10-12-13-16-19-23-27-32(35)28-24-20-17-14-15-18-21-26-30-33(29-25-11-8-5-2)37-34(36)31-22-9-6-3/h21,26,32-33,35H,4-20,22-25,27-31H2,1-3H3/b26-21-. The molecule has 0 amide bonds. The zero-order valence-electron chi connectivity index (χ0n) is 25.5. The van der Waals surface area contributed by atoms with E-state index < -0.39 is 0 Å². The fourth-order valence-corrected chi connectivity index (χ4v) is 4.98. The molecule has 3 heteroatoms. The number of ether oxygens (including phenoxy) is 1. The molecule has 0 aromatic heterocycles. The van der Waals surface area contributed by atoms with E-state index in [1.807, 2.05) is 0 Å². The van der Waals surface area contributed by atoms with Gasteiger partial charge in [0.1, 0.15) is 6.10 Å². The van der Waals surface area contributed by atoms with Crippen LogP contribution >= 0.6 is 0 Å². The Morgan fingerprint density at radius 2 is 1.05 bits per heavy atom. The van der Waals surface area contributed by atoms with Crippen molar-refractivity contribution in [2.75, 3.05) is 0 Å². The van der Waals surface area contributed by atoms with Crippen molar-refractivity contribution < 1.29 is 14.6 Å². The van der Waals surface area contributed by atoms with Crippen LogP contribution in [-0.4, -0.2) is 23.3 Å². The van der Waals surface area contributed by atoms with Crippen LogP contribution in [-0.2, 0) is 9.53 Å². The van der Waals surface area contributed by atoms with Gasteiger partial charge in [0, 0.05) is 12.8 Å². The van der Waals surface area contributed by atoms with Crippen LogP contribution in [0.1, 0.15) is 188 Å². The summed E-state index contributed by atoms with van der Waals surface area (Å²) in [4.78, 5) is 12.2. The normalized spacial score (nSPS) is 13.3. The summed E-state index contributed by atoms with van der Waals surface area (Å²) >= 11 is 0. The van der Waals surface area contributed by atoms with Crippen LogP contribution in [0.4, 0.5) is 0 Å². The molecule has 0 bridgehead atoms. The number of aliphatic hydroxyl groups is 1. The van der Waals surface area contributed by atoms with Crippen LogP contribution in [0.2, 0.25) is 0 Å². The first-order chi connectivity index (χ1) is 18.1. The fraction of sp³-hybridized carbons (Fsp3) is 0.912. The van der Waals surface area contributed by atoms with E-state index in [4.69, 9.17) is 4.74 Å². The Balaban J connectivity index is 3.77. The molecule has 220 valence electrons. The Morgan fingerprint density at radius 1 is 0.595 bits per heavy atom. The average Bonchev–Trinajstić information content (AvgIpc) is 2.89. The molecule has 0 saturated carbocycles. The number of aliphatic hydroxyl groups excluding tert-OH is 1. The average molecular weight is 523 g/mol. The van der Waals surface area contributed by atoms with Gasteiger partial charge in [-0.2, -0.15) is 0 Å². The summed E-state index contributed by atoms with van der Waals surface area (Å²) in [7, 11) is 0. The Bertz CT molecular complexity index is 487. The van der Waals surface area contributed by atoms with Crippen molar-refractivity contribution in [3.05, 3.63) is 12.2 Å². The van der Waals surface area contributed by atoms with E-state index >= 15 is 0 Å². The highest BCUT2D eigenvalue weighted by molar-refractivity contribution is 5.69. The van der Waals surface area contributed by atoms with E-state index in [2.05, 4.69) is 32.9 Å². The SMILES string of the molecule is CCCCCCCCCCC(O)CCCCCCC/C=C\CC(CCCCCC)OC(=O)CCCCC. The maximum atomic E-state index is 12.2. The number of unbranched alkanes of at least 4 members (excludes halogenated alkanes) is 17. The van der Waals surface area contributed by atoms with E-state index in [9.17, 15) is 9.90 Å². The van der Waals surface area contributed by atoms with Crippen molar-refractivity contribution in [2.24, 2.45) is 0 Å². The molecule has 2 unspecified atom stereocenters. The molecule has 0 aromatic rings. The van der Waals surface area contributed by atoms with Gasteiger partial charge in [0.2, 0.25) is 0 Å². The van der Waals surface area contributed by atoms with Gasteiger partial charge in [0.25, 0.3) is 0 Å². The van der Waals surface area contributed by atoms with E-state index in [1.165, 1.54) is 96.3 Å². The summed E-state index contributed by atoms with van der Waals surface area (Å²) in [6.07, 6.45) is 35.0. The van der Waals surface area contributed by atoms with Crippen molar-refractivity contribution in [1.82, 2.24) is 0 Å². The Kier molecular flexibility index (Phi) is 29.1. The topological polar surface area (TPSA) is 46.5 Å². The van der Waals surface area contributed by atoms with Crippen LogP contribution in [0.5, 0.6) is 0 Å². The zero-order valence-corrected chi connectivity index (χ0v) is 25.5. The van der Waals surface area contributed by atoms with Crippen molar-refractivity contribution in [2.45, 2.75) is 200 Å². The summed E-state index contributed by atoms with van der Waals surface area (Å²) in [5.74, 6) is -0.00901. The van der Waals surface area contributed by atoms with Crippen LogP contribution in [0.25, 0.3) is 0 Å². The van der Waals surface area contributed by atoms with Crippen molar-refractivity contribution >= 4 is 5.97 Å². The molecule has 0 spiro atoms. The van der Waals surface area contributed by atoms with Crippen LogP contribution in [0.3, 0.4) is 0 Å². The third-order valence-electron chi connectivity index (χ3n) is 7.53. The van der Waals surface area contributed by atoms with E-state index in [1.54, 1.807) is 0 Å². The molecule has 0 rings (SSSR count). The maximum absolute atomic E-state index is 12.2. The quantitative estimate of drug-likeness (QED) is 0.0603. The molecule has 0 aliphatic rings. The Labute approximate surface area is 232 Å². The third kappa shape index (κ3) is 28.0. The minimum absolute atomic E-state index is 0.00901. The van der Waals surface area contributed by atoms with Crippen molar-refractivity contribution in [3.8, 4) is 0 Å². The summed E-state index contributed by atoms with van der Waals surface area (Å²) in [5, 5.41) is 10.2. The summed E-state index contributed by atoms with van der Waals surface area (Å²) in [6.45, 7) is 6.66. The van der Waals surface area contributed by atoms with Gasteiger partial charge in [-0.3, -0.25) is 4.79 Å². The first kappa shape index (κ1) is 36.2. The highest BCUT2D eigenvalue weighted by Gasteiger charge is 2.13. The molecule has 0 heterocycles. The van der Waals surface area contributed by atoms with Crippen LogP contribution < -0.4 is 0 Å². The molecule has 2 atom stereocenters. The van der Waals surface area contributed by atoms with Gasteiger partial charge in [0.05, 0.1) is 6.10 Å². The lowest BCUT2D eigenvalue weighted by atomic mass is 10.0. The second kappa shape index (κ2) is 29.7. The van der Waals surface area contributed by atoms with Crippen molar-refractivity contribution in [3.63, 3.8) is 0 Å². The van der Waals surface area contributed by atoms with Gasteiger partial charge in [-0.15, -0.1) is 0 Å². The van der Waals surface area contributed by atoms with Gasteiger partial charge in [-0.1, -0.05) is 142 Å². The Morgan fingerprint density at radius 3 is 1.65 bits per heavy atom. The first-order valence-corrected chi connectivity index (χ1v) is 16.7. The fourth-order valence-electron chi connectivity index (χ4n) is 4.98. The lowest BCUT2D eigenvalue weighted by Gasteiger charge is -2.16. The number of carbonyl (C=O) groups is 1. The molecular formula is C34H66O3. The van der Waals surface area contributed by atoms with Gasteiger partial charge >= 0.3 is 5.97 Å². The van der Waals surface area contributed by atoms with E-state index in [-0.39, 0.29) is 18.2 Å². The molecule has 0 fully saturated rings. The predicted octanol–water partition coefficient (Wildman–Crippen LogP) is 11.0. The highest BCUT2D eigenvalue weighted by atomic mass is 16.5. The number of esters is 1. The van der Waals surface area contributed by atoms with Crippen LogP contribution in [0, 0.1) is 0 Å². The van der Waals surface area contributed by atoms with E-state index in [0.29, 0.717) is 6.42 Å². The Hall–Kier alpha value is -0.830. The second-order valence-corrected chi connectivity index (χ2v) is 11.4. The lowest BCUT2D eigenvalue weighted by Crippen LogP contribution is -2.17. The second-order valence-electron chi connectivity index (χ2n) is 11.4. The number of hydrogen-bond donors (Lipinski definition) is 1. The monoisotopic (exact) mass is 523 g/mol. The highest BCUT2D eigenvalue weighted by Crippen LogP contribution is 2.16. The molecule has 37 heavy (non-hydrogen) atoms. The van der Waals surface area contributed by atoms with Gasteiger partial charge in [0.15, 0.2) is 0 Å². The molecule has 0 radical (unpaired) electrons. The van der Waals surface area contributed by atoms with Gasteiger partial charge in [-0.05, 0) is 44.9 Å². The molecule has 0 aliphatic carbocycles. The summed E-state index contributed by atoms with van der Waals surface area (Å²) in [6, 6.07) is 0. The number of allylic oxidation sites excluding steroid dienone is 1. The molecule has 0 saturated heterocycles. The van der Waals surface area contributed by atoms with Gasteiger partial charge in [-0.25, -0.2) is 0 Å². The minimum atomic E-state index is -0.0845. The minimum Gasteiger partial charge on any atom is -0.462 e. The maximum Gasteiger partial charge on any atom is 0.306 e. The largest absolute Gasteiger partial charge is 0.462 e. The van der Waals surface area contributed by atoms with Crippen LogP contribution in [0.15, 0.2) is 12.2 Å². The molecule has 0 aromatic carbocycles. The van der Waals surface area contributed by atoms with Crippen molar-refractivity contribution in [1.29, 1.82) is 0 Å². The third-order valence-corrected chi connectivity index (χ3v) is 7.53. The first-order valence-electron chi connectivity index (χ1n) is 16.7. The molecule has 0 aliphatic heterocycles. The number of hydrogen-bond acceptors (Lipinski definition) is 3. The van der Waals surface area contributed by atoms with E-state index in [0.717, 1.165) is 64.2 Å². The smallest absolute Gasteiger partial charge is 0.306 e. The summed E-state index contributed by atoms with van der Waals surface area (Å²) < 4.78 is 5.81. The number of rotatable bonds is 29. The molecule has 1 N–H and O–H groups in total. The lowest BCUT2D eigenvalue weighted by molar-refractivity contribution is -0.149. The van der Waals surface area contributed by atoms with Gasteiger partial charge < -0.3 is 9.84 Å². The number of carbonyl (C=O) groups excluding carboxylic acids is 1. The molecule has 3 nitrogen and oxygen atoms in total.